The molecule has 1 aromatic heterocycles. The van der Waals surface area contributed by atoms with Gasteiger partial charge in [-0.2, -0.15) is 0 Å². The Morgan fingerprint density at radius 3 is 2.63 bits per heavy atom. The van der Waals surface area contributed by atoms with Gasteiger partial charge in [-0.15, -0.1) is 11.3 Å². The zero-order valence-electron chi connectivity index (χ0n) is 11.0. The van der Waals surface area contributed by atoms with E-state index in [9.17, 15) is 0 Å². The van der Waals surface area contributed by atoms with E-state index in [1.807, 2.05) is 0 Å². The van der Waals surface area contributed by atoms with E-state index in [0.29, 0.717) is 6.04 Å². The molecule has 2 heteroatoms. The third-order valence-corrected chi connectivity index (χ3v) is 4.45. The molecule has 0 radical (unpaired) electrons. The summed E-state index contributed by atoms with van der Waals surface area (Å²) in [5.74, 6) is 0. The van der Waals surface area contributed by atoms with Gasteiger partial charge in [0.15, 0.2) is 0 Å². The number of thiophene rings is 1. The lowest BCUT2D eigenvalue weighted by Crippen LogP contribution is -2.17. The van der Waals surface area contributed by atoms with Crippen molar-refractivity contribution in [2.45, 2.75) is 19.5 Å². The second kappa shape index (κ2) is 5.55. The molecule has 0 aliphatic carbocycles. The van der Waals surface area contributed by atoms with Gasteiger partial charge in [0.1, 0.15) is 0 Å². The Hall–Kier alpha value is -1.64. The van der Waals surface area contributed by atoms with Gasteiger partial charge in [0, 0.05) is 17.5 Å². The van der Waals surface area contributed by atoms with Gasteiger partial charge < -0.3 is 5.32 Å². The Kier molecular flexibility index (Phi) is 3.62. The van der Waals surface area contributed by atoms with E-state index in [0.717, 1.165) is 6.54 Å². The highest BCUT2D eigenvalue weighted by molar-refractivity contribution is 7.10. The number of rotatable bonds is 4. The Balaban J connectivity index is 1.71. The zero-order valence-corrected chi connectivity index (χ0v) is 11.8. The highest BCUT2D eigenvalue weighted by Crippen LogP contribution is 2.20. The summed E-state index contributed by atoms with van der Waals surface area (Å²) in [6.45, 7) is 3.12. The van der Waals surface area contributed by atoms with Crippen molar-refractivity contribution in [1.29, 1.82) is 0 Å². The number of hydrogen-bond acceptors (Lipinski definition) is 2. The molecule has 96 valence electrons. The van der Waals surface area contributed by atoms with Crippen molar-refractivity contribution in [3.8, 4) is 0 Å². The molecule has 1 atom stereocenters. The molecule has 3 aromatic rings. The fraction of sp³-hybridized carbons (Fsp3) is 0.176. The lowest BCUT2D eigenvalue weighted by atomic mass is 10.1. The molecule has 19 heavy (non-hydrogen) atoms. The molecule has 0 spiro atoms. The molecule has 0 aliphatic heterocycles. The monoisotopic (exact) mass is 267 g/mol. The van der Waals surface area contributed by atoms with Crippen LogP contribution in [0.2, 0.25) is 0 Å². The summed E-state index contributed by atoms with van der Waals surface area (Å²) >= 11 is 1.81. The third kappa shape index (κ3) is 2.86. The highest BCUT2D eigenvalue weighted by atomic mass is 32.1. The van der Waals surface area contributed by atoms with Gasteiger partial charge in [0.2, 0.25) is 0 Å². The Bertz CT molecular complexity index is 658. The predicted octanol–water partition coefficient (Wildman–Crippen LogP) is 4.75. The Morgan fingerprint density at radius 1 is 1.00 bits per heavy atom. The normalized spacial score (nSPS) is 12.7. The van der Waals surface area contributed by atoms with Crippen LogP contribution < -0.4 is 5.32 Å². The van der Waals surface area contributed by atoms with Crippen LogP contribution >= 0.6 is 11.3 Å². The lowest BCUT2D eigenvalue weighted by Gasteiger charge is -2.12. The van der Waals surface area contributed by atoms with Gasteiger partial charge in [-0.3, -0.25) is 0 Å². The van der Waals surface area contributed by atoms with Crippen molar-refractivity contribution in [3.63, 3.8) is 0 Å². The van der Waals surface area contributed by atoms with Crippen LogP contribution in [0.1, 0.15) is 23.4 Å². The highest BCUT2D eigenvalue weighted by Gasteiger charge is 2.05. The van der Waals surface area contributed by atoms with E-state index < -0.39 is 0 Å². The molecule has 0 bridgehead atoms. The van der Waals surface area contributed by atoms with Crippen molar-refractivity contribution in [3.05, 3.63) is 70.4 Å². The fourth-order valence-corrected chi connectivity index (χ4v) is 3.02. The van der Waals surface area contributed by atoms with Gasteiger partial charge in [0.05, 0.1) is 0 Å². The van der Waals surface area contributed by atoms with E-state index >= 15 is 0 Å². The minimum atomic E-state index is 0.409. The molecule has 0 saturated carbocycles. The lowest BCUT2D eigenvalue weighted by molar-refractivity contribution is 0.583. The molecule has 1 heterocycles. The Labute approximate surface area is 117 Å². The fourth-order valence-electron chi connectivity index (χ4n) is 2.26. The number of hydrogen-bond donors (Lipinski definition) is 1. The topological polar surface area (TPSA) is 12.0 Å². The number of benzene rings is 2. The van der Waals surface area contributed by atoms with E-state index in [1.54, 1.807) is 11.3 Å². The average Bonchev–Trinajstić information content (AvgIpc) is 2.99. The summed E-state index contributed by atoms with van der Waals surface area (Å²) in [5.41, 5.74) is 1.34. The average molecular weight is 267 g/mol. The SMILES string of the molecule is C[C@@H](NCc1ccc2ccccc2c1)c1cccs1. The first-order valence-electron chi connectivity index (χ1n) is 6.57. The van der Waals surface area contributed by atoms with E-state index in [-0.39, 0.29) is 0 Å². The predicted molar refractivity (Wildman–Crippen MR) is 83.5 cm³/mol. The minimum absolute atomic E-state index is 0.409. The van der Waals surface area contributed by atoms with Gasteiger partial charge in [0.25, 0.3) is 0 Å². The first-order chi connectivity index (χ1) is 9.33. The van der Waals surface area contributed by atoms with E-state index in [4.69, 9.17) is 0 Å². The van der Waals surface area contributed by atoms with Crippen LogP contribution in [0.4, 0.5) is 0 Å². The first kappa shape index (κ1) is 12.4. The molecule has 2 aromatic carbocycles. The summed E-state index contributed by atoms with van der Waals surface area (Å²) in [7, 11) is 0. The van der Waals surface area contributed by atoms with Crippen LogP contribution in [0.15, 0.2) is 60.0 Å². The van der Waals surface area contributed by atoms with Crippen LogP contribution in [0.3, 0.4) is 0 Å². The van der Waals surface area contributed by atoms with Gasteiger partial charge in [-0.25, -0.2) is 0 Å². The molecule has 1 N–H and O–H groups in total. The van der Waals surface area contributed by atoms with Crippen LogP contribution in [-0.2, 0) is 6.54 Å². The second-order valence-electron chi connectivity index (χ2n) is 4.80. The largest absolute Gasteiger partial charge is 0.305 e. The van der Waals surface area contributed by atoms with Crippen molar-refractivity contribution >= 4 is 22.1 Å². The quantitative estimate of drug-likeness (QED) is 0.719. The standard InChI is InChI=1S/C17H17NS/c1-13(17-7-4-10-19-17)18-12-14-8-9-15-5-2-3-6-16(15)11-14/h2-11,13,18H,12H2,1H3/t13-/m1/s1. The number of nitrogens with one attached hydrogen (secondary N) is 1. The first-order valence-corrected chi connectivity index (χ1v) is 7.45. The number of fused-ring (bicyclic) bond motifs is 1. The van der Waals surface area contributed by atoms with Gasteiger partial charge in [-0.1, -0.05) is 42.5 Å². The van der Waals surface area contributed by atoms with Crippen LogP contribution in [0.25, 0.3) is 10.8 Å². The van der Waals surface area contributed by atoms with Gasteiger partial charge in [-0.05, 0) is 40.8 Å². The smallest absolute Gasteiger partial charge is 0.0388 e. The molecular weight excluding hydrogens is 250 g/mol. The summed E-state index contributed by atoms with van der Waals surface area (Å²) in [6.07, 6.45) is 0. The maximum absolute atomic E-state index is 3.58. The summed E-state index contributed by atoms with van der Waals surface area (Å²) in [4.78, 5) is 1.39. The molecule has 0 fully saturated rings. The summed E-state index contributed by atoms with van der Waals surface area (Å²) < 4.78 is 0. The summed E-state index contributed by atoms with van der Waals surface area (Å²) in [6, 6.07) is 19.9. The molecular formula is C17H17NS. The van der Waals surface area contributed by atoms with Gasteiger partial charge >= 0.3 is 0 Å². The Morgan fingerprint density at radius 2 is 1.84 bits per heavy atom. The van der Waals surface area contributed by atoms with Crippen molar-refractivity contribution in [2.75, 3.05) is 0 Å². The maximum Gasteiger partial charge on any atom is 0.0388 e. The molecule has 0 saturated heterocycles. The van der Waals surface area contributed by atoms with Crippen molar-refractivity contribution < 1.29 is 0 Å². The maximum atomic E-state index is 3.58. The van der Waals surface area contributed by atoms with E-state index in [2.05, 4.69) is 72.2 Å². The molecule has 0 aliphatic rings. The van der Waals surface area contributed by atoms with E-state index in [1.165, 1.54) is 21.2 Å². The van der Waals surface area contributed by atoms with Crippen LogP contribution in [0, 0.1) is 0 Å². The molecule has 1 nitrogen and oxygen atoms in total. The third-order valence-electron chi connectivity index (χ3n) is 3.40. The van der Waals surface area contributed by atoms with Crippen LogP contribution in [-0.4, -0.2) is 0 Å². The minimum Gasteiger partial charge on any atom is -0.305 e. The van der Waals surface area contributed by atoms with Crippen LogP contribution in [0.5, 0.6) is 0 Å². The summed E-state index contributed by atoms with van der Waals surface area (Å²) in [5, 5.41) is 8.32. The molecule has 0 unspecified atom stereocenters. The van der Waals surface area contributed by atoms with Crippen molar-refractivity contribution in [1.82, 2.24) is 5.32 Å². The molecule has 0 amide bonds. The zero-order chi connectivity index (χ0) is 13.1. The van der Waals surface area contributed by atoms with Crippen molar-refractivity contribution in [2.24, 2.45) is 0 Å². The second-order valence-corrected chi connectivity index (χ2v) is 5.78. The molecule has 3 rings (SSSR count).